The molecule has 0 radical (unpaired) electrons. The molecule has 1 aliphatic rings. The molecule has 20 heavy (non-hydrogen) atoms. The van der Waals surface area contributed by atoms with Gasteiger partial charge in [-0.05, 0) is 19.3 Å². The molecular weight excluding hydrogens is 260 g/mol. The van der Waals surface area contributed by atoms with E-state index in [0.717, 1.165) is 0 Å². The first kappa shape index (κ1) is 16.5. The van der Waals surface area contributed by atoms with Crippen LogP contribution in [0.1, 0.15) is 34.1 Å². The number of aliphatic carboxylic acids is 1. The van der Waals surface area contributed by atoms with Gasteiger partial charge in [0.1, 0.15) is 0 Å². The summed E-state index contributed by atoms with van der Waals surface area (Å²) in [4.78, 5) is 36.4. The van der Waals surface area contributed by atoms with Gasteiger partial charge >= 0.3 is 5.97 Å². The normalized spacial score (nSPS) is 23.0. The molecule has 0 heterocycles. The van der Waals surface area contributed by atoms with E-state index in [2.05, 4.69) is 5.32 Å². The molecule has 114 valence electrons. The average Bonchev–Trinajstić information content (AvgIpc) is 2.94. The van der Waals surface area contributed by atoms with E-state index in [4.69, 9.17) is 5.11 Å². The van der Waals surface area contributed by atoms with Crippen LogP contribution in [-0.2, 0) is 14.4 Å². The summed E-state index contributed by atoms with van der Waals surface area (Å²) >= 11 is 0. The topological polar surface area (TPSA) is 86.7 Å². The van der Waals surface area contributed by atoms with Gasteiger partial charge < -0.3 is 15.3 Å². The van der Waals surface area contributed by atoms with Crippen LogP contribution in [0.5, 0.6) is 0 Å². The Hall–Kier alpha value is -1.59. The summed E-state index contributed by atoms with van der Waals surface area (Å²) in [5.74, 6) is -2.33. The van der Waals surface area contributed by atoms with Crippen molar-refractivity contribution in [1.29, 1.82) is 0 Å². The third-order valence-electron chi connectivity index (χ3n) is 4.13. The number of amides is 2. The first-order valence-electron chi connectivity index (χ1n) is 7.05. The Morgan fingerprint density at radius 2 is 1.70 bits per heavy atom. The highest BCUT2D eigenvalue weighted by molar-refractivity contribution is 5.91. The van der Waals surface area contributed by atoms with Crippen LogP contribution in [-0.4, -0.2) is 47.4 Å². The molecule has 1 saturated carbocycles. The number of carboxylic acid groups (broad SMARTS) is 1. The van der Waals surface area contributed by atoms with Crippen molar-refractivity contribution in [2.45, 2.75) is 34.1 Å². The predicted molar refractivity (Wildman–Crippen MR) is 74.0 cm³/mol. The van der Waals surface area contributed by atoms with E-state index in [0.29, 0.717) is 13.1 Å². The van der Waals surface area contributed by atoms with E-state index in [9.17, 15) is 14.4 Å². The third-order valence-corrected chi connectivity index (χ3v) is 4.13. The van der Waals surface area contributed by atoms with E-state index in [1.807, 2.05) is 13.8 Å². The molecule has 6 heteroatoms. The summed E-state index contributed by atoms with van der Waals surface area (Å²) in [5, 5.41) is 11.7. The Morgan fingerprint density at radius 3 is 2.10 bits per heavy atom. The second-order valence-corrected chi connectivity index (χ2v) is 5.72. The van der Waals surface area contributed by atoms with Gasteiger partial charge in [-0.2, -0.15) is 0 Å². The quantitative estimate of drug-likeness (QED) is 0.721. The highest BCUT2D eigenvalue weighted by atomic mass is 16.4. The molecule has 0 saturated heterocycles. The molecule has 1 rings (SSSR count). The van der Waals surface area contributed by atoms with E-state index in [1.54, 1.807) is 18.7 Å². The summed E-state index contributed by atoms with van der Waals surface area (Å²) in [5.41, 5.74) is -0.501. The van der Waals surface area contributed by atoms with Crippen LogP contribution in [0, 0.1) is 17.3 Å². The Labute approximate surface area is 119 Å². The fraction of sp³-hybridized carbons (Fsp3) is 0.786. The fourth-order valence-electron chi connectivity index (χ4n) is 2.72. The van der Waals surface area contributed by atoms with Crippen molar-refractivity contribution in [3.63, 3.8) is 0 Å². The van der Waals surface area contributed by atoms with Gasteiger partial charge in [-0.3, -0.25) is 14.4 Å². The number of rotatable bonds is 7. The smallest absolute Gasteiger partial charge is 0.307 e. The van der Waals surface area contributed by atoms with Crippen molar-refractivity contribution in [1.82, 2.24) is 10.2 Å². The van der Waals surface area contributed by atoms with Gasteiger partial charge in [0.05, 0.1) is 11.8 Å². The van der Waals surface area contributed by atoms with Gasteiger partial charge in [0.15, 0.2) is 0 Å². The van der Waals surface area contributed by atoms with Crippen molar-refractivity contribution in [2.24, 2.45) is 17.3 Å². The van der Waals surface area contributed by atoms with E-state index >= 15 is 0 Å². The van der Waals surface area contributed by atoms with E-state index in [-0.39, 0.29) is 24.8 Å². The minimum atomic E-state index is -0.936. The van der Waals surface area contributed by atoms with Crippen molar-refractivity contribution < 1.29 is 19.5 Å². The van der Waals surface area contributed by atoms with Crippen LogP contribution in [0.25, 0.3) is 0 Å². The predicted octanol–water partition coefficient (Wildman–Crippen LogP) is 0.718. The SMILES string of the molecule is CCN(CC)C(=O)CCNC(=O)[C@H]1[C@@H](C(=O)O)C1(C)C. The lowest BCUT2D eigenvalue weighted by molar-refractivity contribution is -0.140. The summed E-state index contributed by atoms with van der Waals surface area (Å²) in [7, 11) is 0. The fourth-order valence-corrected chi connectivity index (χ4v) is 2.72. The van der Waals surface area contributed by atoms with Crippen LogP contribution >= 0.6 is 0 Å². The maximum atomic E-state index is 11.9. The molecule has 0 aliphatic heterocycles. The zero-order valence-corrected chi connectivity index (χ0v) is 12.6. The molecule has 2 atom stereocenters. The molecule has 0 aromatic heterocycles. The largest absolute Gasteiger partial charge is 0.481 e. The monoisotopic (exact) mass is 284 g/mol. The number of carbonyl (C=O) groups excluding carboxylic acids is 2. The summed E-state index contributed by atoms with van der Waals surface area (Å²) in [6.07, 6.45) is 0.248. The molecule has 0 unspecified atom stereocenters. The lowest BCUT2D eigenvalue weighted by atomic mass is 10.1. The second kappa shape index (κ2) is 6.24. The van der Waals surface area contributed by atoms with Crippen LogP contribution in [0.2, 0.25) is 0 Å². The maximum Gasteiger partial charge on any atom is 0.307 e. The summed E-state index contributed by atoms with van der Waals surface area (Å²) in [6, 6.07) is 0. The lowest BCUT2D eigenvalue weighted by Gasteiger charge is -2.18. The molecule has 0 aromatic carbocycles. The molecule has 2 amide bonds. The van der Waals surface area contributed by atoms with Crippen LogP contribution < -0.4 is 5.32 Å². The zero-order chi connectivity index (χ0) is 15.5. The highest BCUT2D eigenvalue weighted by Gasteiger charge is 2.65. The summed E-state index contributed by atoms with van der Waals surface area (Å²) < 4.78 is 0. The van der Waals surface area contributed by atoms with Gasteiger partial charge in [0, 0.05) is 26.1 Å². The van der Waals surface area contributed by atoms with Crippen LogP contribution in [0.3, 0.4) is 0 Å². The molecular formula is C14H24N2O4. The van der Waals surface area contributed by atoms with Crippen molar-refractivity contribution in [2.75, 3.05) is 19.6 Å². The Bertz CT molecular complexity index is 402. The van der Waals surface area contributed by atoms with Crippen molar-refractivity contribution >= 4 is 17.8 Å². The first-order chi connectivity index (χ1) is 9.27. The minimum Gasteiger partial charge on any atom is -0.481 e. The van der Waals surface area contributed by atoms with Gasteiger partial charge in [-0.25, -0.2) is 0 Å². The Balaban J connectivity index is 2.39. The second-order valence-electron chi connectivity index (χ2n) is 5.72. The first-order valence-corrected chi connectivity index (χ1v) is 7.05. The van der Waals surface area contributed by atoms with E-state index < -0.39 is 23.2 Å². The number of nitrogens with zero attached hydrogens (tertiary/aromatic N) is 1. The average molecular weight is 284 g/mol. The van der Waals surface area contributed by atoms with Crippen LogP contribution in [0.15, 0.2) is 0 Å². The molecule has 6 nitrogen and oxygen atoms in total. The van der Waals surface area contributed by atoms with Crippen LogP contribution in [0.4, 0.5) is 0 Å². The Kier molecular flexibility index (Phi) is 5.14. The number of nitrogens with one attached hydrogen (secondary N) is 1. The lowest BCUT2D eigenvalue weighted by Crippen LogP contribution is -2.35. The van der Waals surface area contributed by atoms with E-state index in [1.165, 1.54) is 0 Å². The maximum absolute atomic E-state index is 11.9. The van der Waals surface area contributed by atoms with Crippen molar-refractivity contribution in [3.8, 4) is 0 Å². The molecule has 1 fully saturated rings. The van der Waals surface area contributed by atoms with Gasteiger partial charge in [0.2, 0.25) is 11.8 Å². The number of hydrogen-bond donors (Lipinski definition) is 2. The molecule has 1 aliphatic carbocycles. The molecule has 2 N–H and O–H groups in total. The highest BCUT2D eigenvalue weighted by Crippen LogP contribution is 2.58. The van der Waals surface area contributed by atoms with Crippen molar-refractivity contribution in [3.05, 3.63) is 0 Å². The number of carbonyl (C=O) groups is 3. The minimum absolute atomic E-state index is 0.000131. The number of hydrogen-bond acceptors (Lipinski definition) is 3. The standard InChI is InChI=1S/C14H24N2O4/c1-5-16(6-2)9(17)7-8-15-12(18)10-11(13(19)20)14(10,3)4/h10-11H,5-8H2,1-4H3,(H,15,18)(H,19,20)/t10-,11+/m1/s1. The molecule has 0 bridgehead atoms. The third kappa shape index (κ3) is 3.29. The molecule has 0 aromatic rings. The molecule has 0 spiro atoms. The van der Waals surface area contributed by atoms with Gasteiger partial charge in [0.25, 0.3) is 0 Å². The summed E-state index contributed by atoms with van der Waals surface area (Å²) in [6.45, 7) is 8.93. The zero-order valence-electron chi connectivity index (χ0n) is 12.6. The van der Waals surface area contributed by atoms with Gasteiger partial charge in [-0.15, -0.1) is 0 Å². The van der Waals surface area contributed by atoms with Gasteiger partial charge in [-0.1, -0.05) is 13.8 Å². The number of carboxylic acids is 1. The Morgan fingerprint density at radius 1 is 1.15 bits per heavy atom.